The normalized spacial score (nSPS) is 44.4. The topological polar surface area (TPSA) is 52.6 Å². The number of carbonyl (C=O) groups is 2. The van der Waals surface area contributed by atoms with Gasteiger partial charge >= 0.3 is 6.16 Å². The predicted molar refractivity (Wildman–Crippen MR) is 98.5 cm³/mol. The number of allylic oxidation sites excluding steroid dienone is 1. The van der Waals surface area contributed by atoms with Crippen LogP contribution < -0.4 is 0 Å². The van der Waals surface area contributed by atoms with Crippen LogP contribution in [0.2, 0.25) is 0 Å². The fourth-order valence-electron chi connectivity index (χ4n) is 7.00. The van der Waals surface area contributed by atoms with Gasteiger partial charge in [0.15, 0.2) is 5.78 Å². The maximum atomic E-state index is 11.9. The summed E-state index contributed by atoms with van der Waals surface area (Å²) in [4.78, 5) is 23.8. The number of ketones is 1. The second-order valence-corrected chi connectivity index (χ2v) is 9.27. The Labute approximate surface area is 156 Å². The van der Waals surface area contributed by atoms with E-state index in [0.29, 0.717) is 42.0 Å². The third-order valence-corrected chi connectivity index (χ3v) is 8.05. The van der Waals surface area contributed by atoms with E-state index in [-0.39, 0.29) is 11.5 Å². The van der Waals surface area contributed by atoms with E-state index in [2.05, 4.69) is 13.8 Å². The minimum atomic E-state index is -0.505. The second kappa shape index (κ2) is 6.69. The van der Waals surface area contributed by atoms with Crippen LogP contribution in [0, 0.1) is 35.0 Å². The lowest BCUT2D eigenvalue weighted by Crippen LogP contribution is -2.50. The van der Waals surface area contributed by atoms with Crippen molar-refractivity contribution < 1.29 is 19.1 Å². The smallest absolute Gasteiger partial charge is 0.435 e. The van der Waals surface area contributed by atoms with Crippen molar-refractivity contribution in [2.45, 2.75) is 71.8 Å². The molecule has 7 unspecified atom stereocenters. The fourth-order valence-corrected chi connectivity index (χ4v) is 7.00. The fraction of sp³-hybridized carbons (Fsp3) is 0.818. The van der Waals surface area contributed by atoms with E-state index in [0.717, 1.165) is 38.5 Å². The number of rotatable bonds is 2. The van der Waals surface area contributed by atoms with E-state index in [1.807, 2.05) is 13.0 Å². The summed E-state index contributed by atoms with van der Waals surface area (Å²) in [5.74, 6) is 3.57. The van der Waals surface area contributed by atoms with Gasteiger partial charge in [0.2, 0.25) is 0 Å². The van der Waals surface area contributed by atoms with Gasteiger partial charge in [0.05, 0.1) is 6.61 Å². The first-order valence-corrected chi connectivity index (χ1v) is 10.5. The molecule has 4 heteroatoms. The molecule has 4 rings (SSSR count). The number of carbonyl (C=O) groups excluding carboxylic acids is 2. The molecule has 0 saturated heterocycles. The molecule has 0 N–H and O–H groups in total. The van der Waals surface area contributed by atoms with Gasteiger partial charge in [-0.25, -0.2) is 4.79 Å². The Balaban J connectivity index is 1.56. The summed E-state index contributed by atoms with van der Waals surface area (Å²) >= 11 is 0. The number of hydrogen-bond acceptors (Lipinski definition) is 4. The first kappa shape index (κ1) is 18.1. The van der Waals surface area contributed by atoms with Crippen molar-refractivity contribution in [2.75, 3.05) is 6.61 Å². The molecular formula is C22H32O4. The molecule has 3 fully saturated rings. The highest BCUT2D eigenvalue weighted by molar-refractivity contribution is 5.91. The lowest BCUT2D eigenvalue weighted by atomic mass is 9.49. The second-order valence-electron chi connectivity index (χ2n) is 9.27. The lowest BCUT2D eigenvalue weighted by molar-refractivity contribution is -0.116. The van der Waals surface area contributed by atoms with Crippen molar-refractivity contribution in [1.29, 1.82) is 0 Å². The quantitative estimate of drug-likeness (QED) is 0.656. The molecule has 0 radical (unpaired) electrons. The molecule has 4 aliphatic carbocycles. The molecule has 0 aliphatic heterocycles. The number of hydrogen-bond donors (Lipinski definition) is 0. The van der Waals surface area contributed by atoms with Gasteiger partial charge in [-0.1, -0.05) is 19.4 Å². The first-order chi connectivity index (χ1) is 12.4. The van der Waals surface area contributed by atoms with Crippen molar-refractivity contribution in [2.24, 2.45) is 35.0 Å². The Bertz CT molecular complexity index is 624. The number of ether oxygens (including phenoxy) is 2. The molecule has 0 aromatic rings. The molecule has 144 valence electrons. The Morgan fingerprint density at radius 3 is 2.85 bits per heavy atom. The van der Waals surface area contributed by atoms with Crippen LogP contribution in [-0.4, -0.2) is 24.6 Å². The molecule has 0 heterocycles. The largest absolute Gasteiger partial charge is 0.508 e. The average Bonchev–Trinajstić information content (AvgIpc) is 2.91. The zero-order valence-corrected chi connectivity index (χ0v) is 16.3. The van der Waals surface area contributed by atoms with Crippen molar-refractivity contribution in [3.63, 3.8) is 0 Å². The van der Waals surface area contributed by atoms with Gasteiger partial charge in [-0.15, -0.1) is 0 Å². The summed E-state index contributed by atoms with van der Waals surface area (Å²) in [6, 6.07) is 0. The molecule has 3 saturated carbocycles. The Morgan fingerprint density at radius 1 is 1.27 bits per heavy atom. The van der Waals surface area contributed by atoms with Gasteiger partial charge in [-0.05, 0) is 81.1 Å². The van der Waals surface area contributed by atoms with E-state index in [4.69, 9.17) is 9.47 Å². The highest BCUT2D eigenvalue weighted by Crippen LogP contribution is 2.63. The van der Waals surface area contributed by atoms with Crippen LogP contribution in [0.15, 0.2) is 11.6 Å². The van der Waals surface area contributed by atoms with Gasteiger partial charge in [0.1, 0.15) is 6.10 Å². The molecule has 0 amide bonds. The van der Waals surface area contributed by atoms with Gasteiger partial charge in [0, 0.05) is 11.8 Å². The van der Waals surface area contributed by atoms with Crippen LogP contribution in [0.1, 0.15) is 65.7 Å². The lowest BCUT2D eigenvalue weighted by Gasteiger charge is -2.55. The molecule has 0 aromatic carbocycles. The summed E-state index contributed by atoms with van der Waals surface area (Å²) in [7, 11) is 0. The van der Waals surface area contributed by atoms with Gasteiger partial charge in [0.25, 0.3) is 0 Å². The molecular weight excluding hydrogens is 328 g/mol. The Kier molecular flexibility index (Phi) is 4.65. The summed E-state index contributed by atoms with van der Waals surface area (Å²) in [6.45, 7) is 6.89. The average molecular weight is 360 g/mol. The predicted octanol–water partition coefficient (Wildman–Crippen LogP) is 4.92. The van der Waals surface area contributed by atoms with Crippen LogP contribution in [0.25, 0.3) is 0 Å². The van der Waals surface area contributed by atoms with Crippen molar-refractivity contribution >= 4 is 11.9 Å². The van der Waals surface area contributed by atoms with Crippen molar-refractivity contribution in [1.82, 2.24) is 0 Å². The van der Waals surface area contributed by atoms with Crippen LogP contribution >= 0.6 is 0 Å². The standard InChI is InChI=1S/C22H32O4/c1-4-25-21(24)26-19-8-7-18-20-13(2)11-14-12-15(23)5-6-16(14)17(20)9-10-22(18,19)3/h12-13,16-20H,4-11H2,1-3H3. The third kappa shape index (κ3) is 2.80. The van der Waals surface area contributed by atoms with E-state index < -0.39 is 6.16 Å². The molecule has 4 nitrogen and oxygen atoms in total. The molecule has 0 aromatic heterocycles. The maximum Gasteiger partial charge on any atom is 0.508 e. The third-order valence-electron chi connectivity index (χ3n) is 8.05. The Hall–Kier alpha value is -1.32. The van der Waals surface area contributed by atoms with E-state index in [9.17, 15) is 9.59 Å². The molecule has 0 bridgehead atoms. The summed E-state index contributed by atoms with van der Waals surface area (Å²) in [5.41, 5.74) is 1.50. The van der Waals surface area contributed by atoms with Crippen LogP contribution in [-0.2, 0) is 14.3 Å². The van der Waals surface area contributed by atoms with Crippen LogP contribution in [0.3, 0.4) is 0 Å². The minimum Gasteiger partial charge on any atom is -0.435 e. The number of fused-ring (bicyclic) bond motifs is 5. The summed E-state index contributed by atoms with van der Waals surface area (Å²) in [5, 5.41) is 0. The zero-order valence-electron chi connectivity index (χ0n) is 16.3. The monoisotopic (exact) mass is 360 g/mol. The maximum absolute atomic E-state index is 11.9. The van der Waals surface area contributed by atoms with Gasteiger partial charge in [-0.2, -0.15) is 0 Å². The van der Waals surface area contributed by atoms with E-state index in [1.165, 1.54) is 12.0 Å². The van der Waals surface area contributed by atoms with Crippen LogP contribution in [0.4, 0.5) is 4.79 Å². The highest BCUT2D eigenvalue weighted by Gasteiger charge is 2.59. The molecule has 7 atom stereocenters. The van der Waals surface area contributed by atoms with Crippen LogP contribution in [0.5, 0.6) is 0 Å². The SMILES string of the molecule is CCOC(=O)OC1CCC2C3C(C)CC4=CC(=O)CCC4C3CCC12C. The molecule has 0 spiro atoms. The highest BCUT2D eigenvalue weighted by atomic mass is 16.7. The molecule has 4 aliphatic rings. The van der Waals surface area contributed by atoms with Crippen molar-refractivity contribution in [3.8, 4) is 0 Å². The first-order valence-electron chi connectivity index (χ1n) is 10.5. The van der Waals surface area contributed by atoms with Gasteiger partial charge < -0.3 is 9.47 Å². The van der Waals surface area contributed by atoms with E-state index >= 15 is 0 Å². The summed E-state index contributed by atoms with van der Waals surface area (Å²) in [6.07, 6.45) is 8.72. The van der Waals surface area contributed by atoms with E-state index in [1.54, 1.807) is 0 Å². The van der Waals surface area contributed by atoms with Crippen molar-refractivity contribution in [3.05, 3.63) is 11.6 Å². The van der Waals surface area contributed by atoms with Gasteiger partial charge in [-0.3, -0.25) is 4.79 Å². The zero-order chi connectivity index (χ0) is 18.5. The summed E-state index contributed by atoms with van der Waals surface area (Å²) < 4.78 is 10.8. The minimum absolute atomic E-state index is 0.00965. The Morgan fingerprint density at radius 2 is 2.08 bits per heavy atom. The molecule has 26 heavy (non-hydrogen) atoms.